The van der Waals surface area contributed by atoms with Gasteiger partial charge in [0.1, 0.15) is 0 Å². The van der Waals surface area contributed by atoms with Crippen molar-refractivity contribution in [2.45, 2.75) is 46.0 Å². The molecule has 0 saturated heterocycles. The predicted octanol–water partition coefficient (Wildman–Crippen LogP) is 3.21. The Bertz CT molecular complexity index is 773. The van der Waals surface area contributed by atoms with Crippen LogP contribution >= 0.6 is 0 Å². The molecule has 3 rings (SSSR count). The maximum absolute atomic E-state index is 12.5. The Kier molecular flexibility index (Phi) is 4.46. The molecule has 0 radical (unpaired) electrons. The number of nitrogens with one attached hydrogen (secondary N) is 1. The number of aromatic nitrogens is 3. The van der Waals surface area contributed by atoms with Gasteiger partial charge in [-0.05, 0) is 52.0 Å². The zero-order valence-electron chi connectivity index (χ0n) is 14.1. The Morgan fingerprint density at radius 1 is 1.30 bits per heavy atom. The summed E-state index contributed by atoms with van der Waals surface area (Å²) < 4.78 is 1.76. The topological polar surface area (TPSA) is 59.8 Å². The fraction of sp³-hybridized carbons (Fsp3) is 0.500. The number of allylic oxidation sites excluding steroid dienone is 1. The van der Waals surface area contributed by atoms with Crippen molar-refractivity contribution in [3.05, 3.63) is 34.7 Å². The van der Waals surface area contributed by atoms with E-state index < -0.39 is 0 Å². The Morgan fingerprint density at radius 2 is 2.13 bits per heavy atom. The highest BCUT2D eigenvalue weighted by molar-refractivity contribution is 5.98. The van der Waals surface area contributed by atoms with E-state index in [0.717, 1.165) is 28.8 Å². The Labute approximate surface area is 136 Å². The fourth-order valence-electron chi connectivity index (χ4n) is 3.23. The molecule has 2 aromatic heterocycles. The van der Waals surface area contributed by atoms with Gasteiger partial charge in [-0.2, -0.15) is 5.10 Å². The van der Waals surface area contributed by atoms with E-state index in [0.29, 0.717) is 12.1 Å². The lowest BCUT2D eigenvalue weighted by Crippen LogP contribution is -2.26. The number of fused-ring (bicyclic) bond motifs is 1. The number of aryl methyl sites for hydroxylation is 3. The molecule has 1 amide bonds. The predicted molar refractivity (Wildman–Crippen MR) is 91.5 cm³/mol. The van der Waals surface area contributed by atoms with Gasteiger partial charge in [-0.15, -0.1) is 0 Å². The maximum atomic E-state index is 12.5. The summed E-state index contributed by atoms with van der Waals surface area (Å²) in [5.74, 6) is -0.0448. The largest absolute Gasteiger partial charge is 0.352 e. The summed E-state index contributed by atoms with van der Waals surface area (Å²) in [5, 5.41) is 8.34. The second-order valence-corrected chi connectivity index (χ2v) is 6.32. The van der Waals surface area contributed by atoms with E-state index in [1.807, 2.05) is 27.0 Å². The third-order valence-corrected chi connectivity index (χ3v) is 4.55. The quantitative estimate of drug-likeness (QED) is 0.882. The van der Waals surface area contributed by atoms with Crippen LogP contribution in [0.25, 0.3) is 11.0 Å². The number of hydrogen-bond donors (Lipinski definition) is 1. The molecule has 0 aliphatic heterocycles. The molecular formula is C18H24N4O. The highest BCUT2D eigenvalue weighted by Gasteiger charge is 2.15. The van der Waals surface area contributed by atoms with Gasteiger partial charge in [-0.25, -0.2) is 4.98 Å². The molecule has 0 spiro atoms. The molecule has 2 aromatic rings. The first kappa shape index (κ1) is 15.7. The number of amides is 1. The normalized spacial score (nSPS) is 14.8. The first-order valence-electron chi connectivity index (χ1n) is 8.33. The summed E-state index contributed by atoms with van der Waals surface area (Å²) in [6, 6.07) is 1.91. The average molecular weight is 312 g/mol. The number of rotatable bonds is 4. The maximum Gasteiger partial charge on any atom is 0.253 e. The van der Waals surface area contributed by atoms with Crippen molar-refractivity contribution in [1.82, 2.24) is 20.1 Å². The van der Waals surface area contributed by atoms with Crippen molar-refractivity contribution >= 4 is 16.9 Å². The third-order valence-electron chi connectivity index (χ3n) is 4.55. The minimum Gasteiger partial charge on any atom is -0.352 e. The van der Waals surface area contributed by atoms with Gasteiger partial charge in [-0.1, -0.05) is 11.6 Å². The van der Waals surface area contributed by atoms with E-state index in [2.05, 4.69) is 21.5 Å². The lowest BCUT2D eigenvalue weighted by molar-refractivity contribution is 0.0953. The Hall–Kier alpha value is -2.17. The Morgan fingerprint density at radius 3 is 2.87 bits per heavy atom. The van der Waals surface area contributed by atoms with Crippen LogP contribution in [0.1, 0.15) is 53.8 Å². The molecule has 2 heterocycles. The van der Waals surface area contributed by atoms with Crippen LogP contribution in [0, 0.1) is 13.8 Å². The SMILES string of the molecule is Cc1nc2c(cc1C(=O)NCCC1=CCCCC1)c(C)nn2C. The molecule has 1 N–H and O–H groups in total. The number of carbonyl (C=O) groups excluding carboxylic acids is 1. The summed E-state index contributed by atoms with van der Waals surface area (Å²) >= 11 is 0. The molecule has 0 saturated carbocycles. The summed E-state index contributed by atoms with van der Waals surface area (Å²) in [5.41, 5.74) is 4.59. The first-order valence-corrected chi connectivity index (χ1v) is 8.33. The molecule has 5 nitrogen and oxygen atoms in total. The van der Waals surface area contributed by atoms with E-state index in [9.17, 15) is 4.79 Å². The highest BCUT2D eigenvalue weighted by Crippen LogP contribution is 2.21. The van der Waals surface area contributed by atoms with E-state index in [-0.39, 0.29) is 5.91 Å². The van der Waals surface area contributed by atoms with Crippen molar-refractivity contribution in [1.29, 1.82) is 0 Å². The molecule has 0 aromatic carbocycles. The lowest BCUT2D eigenvalue weighted by Gasteiger charge is -2.13. The van der Waals surface area contributed by atoms with E-state index in [1.165, 1.54) is 31.3 Å². The van der Waals surface area contributed by atoms with Crippen LogP contribution in [-0.2, 0) is 7.05 Å². The second-order valence-electron chi connectivity index (χ2n) is 6.32. The number of nitrogens with zero attached hydrogens (tertiary/aromatic N) is 3. The van der Waals surface area contributed by atoms with Gasteiger partial charge < -0.3 is 5.32 Å². The second kappa shape index (κ2) is 6.52. The van der Waals surface area contributed by atoms with Crippen LogP contribution in [0.3, 0.4) is 0 Å². The van der Waals surface area contributed by atoms with Gasteiger partial charge in [-0.3, -0.25) is 9.48 Å². The number of carbonyl (C=O) groups is 1. The number of hydrogen-bond acceptors (Lipinski definition) is 3. The standard InChI is InChI=1S/C18H24N4O/c1-12-16(11-15-13(2)21-22(3)17(15)20-12)18(23)19-10-9-14-7-5-4-6-8-14/h7,11H,4-6,8-10H2,1-3H3,(H,19,23). The molecule has 23 heavy (non-hydrogen) atoms. The van der Waals surface area contributed by atoms with Crippen LogP contribution < -0.4 is 5.32 Å². The van der Waals surface area contributed by atoms with Crippen LogP contribution in [-0.4, -0.2) is 27.2 Å². The highest BCUT2D eigenvalue weighted by atomic mass is 16.1. The van der Waals surface area contributed by atoms with E-state index in [4.69, 9.17) is 0 Å². The molecule has 0 unspecified atom stereocenters. The van der Waals surface area contributed by atoms with Gasteiger partial charge in [0.2, 0.25) is 0 Å². The van der Waals surface area contributed by atoms with Crippen LogP contribution in [0.5, 0.6) is 0 Å². The zero-order chi connectivity index (χ0) is 16.4. The van der Waals surface area contributed by atoms with Crippen molar-refractivity contribution in [3.63, 3.8) is 0 Å². The molecule has 122 valence electrons. The molecule has 0 bridgehead atoms. The minimum atomic E-state index is -0.0448. The summed E-state index contributed by atoms with van der Waals surface area (Å²) in [6.07, 6.45) is 8.21. The third kappa shape index (κ3) is 3.28. The average Bonchev–Trinajstić information content (AvgIpc) is 2.81. The van der Waals surface area contributed by atoms with Gasteiger partial charge in [0.05, 0.1) is 17.0 Å². The summed E-state index contributed by atoms with van der Waals surface area (Å²) in [4.78, 5) is 17.0. The van der Waals surface area contributed by atoms with Gasteiger partial charge in [0.15, 0.2) is 5.65 Å². The van der Waals surface area contributed by atoms with Gasteiger partial charge in [0.25, 0.3) is 5.91 Å². The fourth-order valence-corrected chi connectivity index (χ4v) is 3.23. The molecule has 1 aliphatic carbocycles. The molecule has 0 fully saturated rings. The Balaban J connectivity index is 1.71. The number of pyridine rings is 1. The van der Waals surface area contributed by atoms with Crippen LogP contribution in [0.2, 0.25) is 0 Å². The molecular weight excluding hydrogens is 288 g/mol. The van der Waals surface area contributed by atoms with Gasteiger partial charge >= 0.3 is 0 Å². The van der Waals surface area contributed by atoms with Crippen molar-refractivity contribution < 1.29 is 4.79 Å². The van der Waals surface area contributed by atoms with E-state index in [1.54, 1.807) is 4.68 Å². The minimum absolute atomic E-state index is 0.0448. The molecule has 1 aliphatic rings. The monoisotopic (exact) mass is 312 g/mol. The van der Waals surface area contributed by atoms with E-state index >= 15 is 0 Å². The smallest absolute Gasteiger partial charge is 0.253 e. The first-order chi connectivity index (χ1) is 11.1. The summed E-state index contributed by atoms with van der Waals surface area (Å²) in [6.45, 7) is 4.51. The lowest BCUT2D eigenvalue weighted by atomic mass is 9.97. The summed E-state index contributed by atoms with van der Waals surface area (Å²) in [7, 11) is 1.87. The van der Waals surface area contributed by atoms with Gasteiger partial charge in [0, 0.05) is 19.0 Å². The molecule has 0 atom stereocenters. The zero-order valence-corrected chi connectivity index (χ0v) is 14.1. The van der Waals surface area contributed by atoms with Crippen molar-refractivity contribution in [2.24, 2.45) is 7.05 Å². The van der Waals surface area contributed by atoms with Crippen LogP contribution in [0.4, 0.5) is 0 Å². The van der Waals surface area contributed by atoms with Crippen molar-refractivity contribution in [2.75, 3.05) is 6.54 Å². The molecule has 5 heteroatoms. The van der Waals surface area contributed by atoms with Crippen LogP contribution in [0.15, 0.2) is 17.7 Å². The van der Waals surface area contributed by atoms with Crippen molar-refractivity contribution in [3.8, 4) is 0 Å².